The summed E-state index contributed by atoms with van der Waals surface area (Å²) in [6.07, 6.45) is 3.68. The molecule has 19 heavy (non-hydrogen) atoms. The third-order valence-corrected chi connectivity index (χ3v) is 4.01. The summed E-state index contributed by atoms with van der Waals surface area (Å²) in [5.74, 6) is 1.09. The smallest absolute Gasteiger partial charge is 0.239 e. The van der Waals surface area contributed by atoms with Gasteiger partial charge in [0.05, 0.1) is 6.04 Å². The lowest BCUT2D eigenvalue weighted by molar-refractivity contribution is -0.133. The monoisotopic (exact) mass is 280 g/mol. The van der Waals surface area contributed by atoms with E-state index in [2.05, 4.69) is 13.2 Å². The minimum Gasteiger partial charge on any atom is -0.342 e. The van der Waals surface area contributed by atoms with E-state index in [1.165, 1.54) is 0 Å². The quantitative estimate of drug-likeness (QED) is 0.832. The van der Waals surface area contributed by atoms with E-state index in [1.807, 2.05) is 37.4 Å². The lowest BCUT2D eigenvalue weighted by Crippen LogP contribution is -2.46. The van der Waals surface area contributed by atoms with Gasteiger partial charge < -0.3 is 10.6 Å². The number of nitrogens with two attached hydrogens (primary N) is 1. The second kappa shape index (κ2) is 8.23. The summed E-state index contributed by atoms with van der Waals surface area (Å²) in [6, 6.07) is 9.70. The maximum Gasteiger partial charge on any atom is 0.239 e. The molecular weight excluding hydrogens is 256 g/mol. The number of rotatable bonds is 7. The van der Waals surface area contributed by atoms with Crippen LogP contribution in [0.4, 0.5) is 0 Å². The van der Waals surface area contributed by atoms with Crippen LogP contribution >= 0.6 is 11.8 Å². The number of amides is 1. The van der Waals surface area contributed by atoms with Crippen LogP contribution in [0.2, 0.25) is 0 Å². The highest BCUT2D eigenvalue weighted by Crippen LogP contribution is 2.09. The zero-order valence-electron chi connectivity index (χ0n) is 12.0. The molecule has 1 aromatic carbocycles. The van der Waals surface area contributed by atoms with Gasteiger partial charge in [-0.15, -0.1) is 0 Å². The normalized spacial score (nSPS) is 13.9. The van der Waals surface area contributed by atoms with Crippen LogP contribution in [-0.2, 0) is 11.2 Å². The van der Waals surface area contributed by atoms with Gasteiger partial charge in [0, 0.05) is 13.1 Å². The van der Waals surface area contributed by atoms with Crippen molar-refractivity contribution < 1.29 is 4.79 Å². The molecule has 0 aliphatic rings. The summed E-state index contributed by atoms with van der Waals surface area (Å²) in [5, 5.41) is 0. The Balaban J connectivity index is 2.51. The molecule has 0 radical (unpaired) electrons. The zero-order valence-corrected chi connectivity index (χ0v) is 12.8. The molecule has 1 aromatic rings. The molecule has 0 saturated heterocycles. The maximum absolute atomic E-state index is 12.2. The van der Waals surface area contributed by atoms with Crippen LogP contribution in [0.5, 0.6) is 0 Å². The summed E-state index contributed by atoms with van der Waals surface area (Å²) in [5.41, 5.74) is 7.13. The topological polar surface area (TPSA) is 46.3 Å². The molecule has 2 atom stereocenters. The van der Waals surface area contributed by atoms with E-state index in [9.17, 15) is 4.79 Å². The first kappa shape index (κ1) is 16.1. The molecule has 0 aliphatic heterocycles. The van der Waals surface area contributed by atoms with Crippen molar-refractivity contribution in [3.63, 3.8) is 0 Å². The minimum atomic E-state index is -0.455. The van der Waals surface area contributed by atoms with Crippen LogP contribution in [0.3, 0.4) is 0 Å². The largest absolute Gasteiger partial charge is 0.342 e. The molecule has 2 N–H and O–H groups in total. The van der Waals surface area contributed by atoms with Gasteiger partial charge in [-0.3, -0.25) is 4.79 Å². The molecule has 0 spiro atoms. The molecule has 1 amide bonds. The van der Waals surface area contributed by atoms with Gasteiger partial charge in [-0.05, 0) is 37.3 Å². The molecule has 0 bridgehead atoms. The van der Waals surface area contributed by atoms with Crippen molar-refractivity contribution in [1.29, 1.82) is 0 Å². The van der Waals surface area contributed by atoms with Gasteiger partial charge in [-0.25, -0.2) is 0 Å². The van der Waals surface area contributed by atoms with E-state index in [4.69, 9.17) is 5.73 Å². The van der Waals surface area contributed by atoms with E-state index in [0.29, 0.717) is 6.42 Å². The first-order valence-electron chi connectivity index (χ1n) is 6.61. The van der Waals surface area contributed by atoms with Crippen molar-refractivity contribution in [3.8, 4) is 0 Å². The SMILES string of the molecule is CSCCC(C)N(C)C(=O)[C@H](N)Cc1ccccc1. The molecule has 1 rings (SSSR count). The number of benzene rings is 1. The molecule has 0 heterocycles. The fraction of sp³-hybridized carbons (Fsp3) is 0.533. The first-order valence-corrected chi connectivity index (χ1v) is 8.00. The Morgan fingerprint density at radius 1 is 1.37 bits per heavy atom. The van der Waals surface area contributed by atoms with Crippen molar-refractivity contribution in [1.82, 2.24) is 4.90 Å². The van der Waals surface area contributed by atoms with E-state index in [-0.39, 0.29) is 11.9 Å². The molecular formula is C15H24N2OS. The zero-order chi connectivity index (χ0) is 14.3. The number of hydrogen-bond donors (Lipinski definition) is 1. The molecule has 0 aromatic heterocycles. The third-order valence-electron chi connectivity index (χ3n) is 3.36. The lowest BCUT2D eigenvalue weighted by atomic mass is 10.0. The Hall–Kier alpha value is -1.00. The highest BCUT2D eigenvalue weighted by Gasteiger charge is 2.21. The number of carbonyl (C=O) groups is 1. The molecule has 0 fully saturated rings. The van der Waals surface area contributed by atoms with Crippen LogP contribution in [-0.4, -0.2) is 41.9 Å². The fourth-order valence-electron chi connectivity index (χ4n) is 1.92. The van der Waals surface area contributed by atoms with Crippen molar-refractivity contribution in [2.45, 2.75) is 31.8 Å². The van der Waals surface area contributed by atoms with Gasteiger partial charge in [-0.1, -0.05) is 30.3 Å². The van der Waals surface area contributed by atoms with E-state index >= 15 is 0 Å². The average molecular weight is 280 g/mol. The molecule has 4 heteroatoms. The standard InChI is InChI=1S/C15H24N2OS/c1-12(9-10-19-3)17(2)15(18)14(16)11-13-7-5-4-6-8-13/h4-8,12,14H,9-11,16H2,1-3H3/t12?,14-/m1/s1. The lowest BCUT2D eigenvalue weighted by Gasteiger charge is -2.27. The second-order valence-electron chi connectivity index (χ2n) is 4.88. The Morgan fingerprint density at radius 2 is 2.00 bits per heavy atom. The van der Waals surface area contributed by atoms with Gasteiger partial charge in [0.15, 0.2) is 0 Å². The highest BCUT2D eigenvalue weighted by molar-refractivity contribution is 7.98. The van der Waals surface area contributed by atoms with Crippen LogP contribution in [0, 0.1) is 0 Å². The number of hydrogen-bond acceptors (Lipinski definition) is 3. The number of nitrogens with zero attached hydrogens (tertiary/aromatic N) is 1. The minimum absolute atomic E-state index is 0.0254. The van der Waals surface area contributed by atoms with Crippen molar-refractivity contribution in [2.24, 2.45) is 5.73 Å². The molecule has 0 saturated carbocycles. The predicted molar refractivity (Wildman–Crippen MR) is 83.4 cm³/mol. The van der Waals surface area contributed by atoms with Crippen LogP contribution < -0.4 is 5.73 Å². The van der Waals surface area contributed by atoms with E-state index in [1.54, 1.807) is 16.7 Å². The molecule has 0 aliphatic carbocycles. The Kier molecular flexibility index (Phi) is 6.95. The maximum atomic E-state index is 12.2. The van der Waals surface area contributed by atoms with Crippen molar-refractivity contribution >= 4 is 17.7 Å². The molecule has 1 unspecified atom stereocenters. The Labute approximate surface area is 120 Å². The summed E-state index contributed by atoms with van der Waals surface area (Å²) in [4.78, 5) is 14.0. The summed E-state index contributed by atoms with van der Waals surface area (Å²) >= 11 is 1.80. The summed E-state index contributed by atoms with van der Waals surface area (Å²) in [7, 11) is 1.85. The van der Waals surface area contributed by atoms with Crippen LogP contribution in [0.25, 0.3) is 0 Å². The fourth-order valence-corrected chi connectivity index (χ4v) is 2.49. The summed E-state index contributed by atoms with van der Waals surface area (Å²) in [6.45, 7) is 2.07. The Bertz CT molecular complexity index is 383. The van der Waals surface area contributed by atoms with Crippen LogP contribution in [0.15, 0.2) is 30.3 Å². The van der Waals surface area contributed by atoms with Gasteiger partial charge >= 0.3 is 0 Å². The van der Waals surface area contributed by atoms with Gasteiger partial charge in [-0.2, -0.15) is 11.8 Å². The third kappa shape index (κ3) is 5.25. The highest BCUT2D eigenvalue weighted by atomic mass is 32.2. The van der Waals surface area contributed by atoms with Gasteiger partial charge in [0.2, 0.25) is 5.91 Å². The second-order valence-corrected chi connectivity index (χ2v) is 5.86. The van der Waals surface area contributed by atoms with Crippen molar-refractivity contribution in [2.75, 3.05) is 19.1 Å². The molecule has 3 nitrogen and oxygen atoms in total. The molecule has 106 valence electrons. The van der Waals surface area contributed by atoms with Gasteiger partial charge in [0.25, 0.3) is 0 Å². The first-order chi connectivity index (χ1) is 9.06. The van der Waals surface area contributed by atoms with Crippen molar-refractivity contribution in [3.05, 3.63) is 35.9 Å². The predicted octanol–water partition coefficient (Wildman–Crippen LogP) is 2.16. The Morgan fingerprint density at radius 3 is 2.58 bits per heavy atom. The average Bonchev–Trinajstić information content (AvgIpc) is 2.44. The van der Waals surface area contributed by atoms with Gasteiger partial charge in [0.1, 0.15) is 0 Å². The summed E-state index contributed by atoms with van der Waals surface area (Å²) < 4.78 is 0. The van der Waals surface area contributed by atoms with E-state index < -0.39 is 6.04 Å². The number of carbonyl (C=O) groups excluding carboxylic acids is 1. The number of thioether (sulfide) groups is 1. The van der Waals surface area contributed by atoms with Crippen LogP contribution in [0.1, 0.15) is 18.9 Å². The van der Waals surface area contributed by atoms with E-state index in [0.717, 1.165) is 17.7 Å². The number of likely N-dealkylation sites (N-methyl/N-ethyl adjacent to an activating group) is 1.